The molecule has 0 bridgehead atoms. The van der Waals surface area contributed by atoms with Gasteiger partial charge < -0.3 is 9.80 Å². The third-order valence-corrected chi connectivity index (χ3v) is 3.77. The fourth-order valence-corrected chi connectivity index (χ4v) is 2.52. The molecule has 0 unspecified atom stereocenters. The maximum absolute atomic E-state index is 2.65. The van der Waals surface area contributed by atoms with Crippen LogP contribution in [-0.4, -0.2) is 50.1 Å². The van der Waals surface area contributed by atoms with E-state index < -0.39 is 0 Å². The molecule has 1 rings (SSSR count). The summed E-state index contributed by atoms with van der Waals surface area (Å²) in [5, 5.41) is 0. The van der Waals surface area contributed by atoms with Crippen LogP contribution in [0, 0.1) is 5.41 Å². The van der Waals surface area contributed by atoms with Gasteiger partial charge in [0.25, 0.3) is 0 Å². The van der Waals surface area contributed by atoms with Crippen LogP contribution in [-0.2, 0) is 0 Å². The Kier molecular flexibility index (Phi) is 5.77. The van der Waals surface area contributed by atoms with Gasteiger partial charge in [-0.1, -0.05) is 20.3 Å². The lowest BCUT2D eigenvalue weighted by atomic mass is 9.83. The highest BCUT2D eigenvalue weighted by atomic mass is 15.2. The molecule has 1 aliphatic rings. The van der Waals surface area contributed by atoms with Gasteiger partial charge in [0.15, 0.2) is 0 Å². The quantitative estimate of drug-likeness (QED) is 0.730. The molecule has 1 aliphatic heterocycles. The predicted octanol–water partition coefficient (Wildman–Crippen LogP) is 2.84. The zero-order valence-electron chi connectivity index (χ0n) is 11.8. The van der Waals surface area contributed by atoms with E-state index in [2.05, 4.69) is 37.7 Å². The van der Waals surface area contributed by atoms with Crippen LogP contribution < -0.4 is 0 Å². The van der Waals surface area contributed by atoms with Crippen molar-refractivity contribution >= 4 is 0 Å². The maximum Gasteiger partial charge on any atom is 0.0109 e. The zero-order chi connectivity index (χ0) is 12.0. The summed E-state index contributed by atoms with van der Waals surface area (Å²) in [5.41, 5.74) is 0.581. The predicted molar refractivity (Wildman–Crippen MR) is 71.9 cm³/mol. The molecule has 0 aromatic rings. The number of nitrogens with zero attached hydrogens (tertiary/aromatic N) is 2. The van der Waals surface area contributed by atoms with Gasteiger partial charge in [-0.15, -0.1) is 0 Å². The minimum absolute atomic E-state index is 0.581. The van der Waals surface area contributed by atoms with Crippen LogP contribution in [0.4, 0.5) is 0 Å². The van der Waals surface area contributed by atoms with Gasteiger partial charge in [-0.25, -0.2) is 0 Å². The Balaban J connectivity index is 2.32. The van der Waals surface area contributed by atoms with E-state index in [4.69, 9.17) is 0 Å². The van der Waals surface area contributed by atoms with Crippen molar-refractivity contribution in [3.63, 3.8) is 0 Å². The monoisotopic (exact) mass is 226 g/mol. The van der Waals surface area contributed by atoms with Crippen molar-refractivity contribution < 1.29 is 0 Å². The minimum Gasteiger partial charge on any atom is -0.308 e. The van der Waals surface area contributed by atoms with E-state index in [-0.39, 0.29) is 0 Å². The SMILES string of the molecule is CN(C)CCN1CCCCC(C)(C)CCC1. The van der Waals surface area contributed by atoms with Gasteiger partial charge in [-0.2, -0.15) is 0 Å². The molecule has 0 saturated carbocycles. The topological polar surface area (TPSA) is 6.48 Å². The van der Waals surface area contributed by atoms with Crippen LogP contribution in [0.2, 0.25) is 0 Å². The van der Waals surface area contributed by atoms with Gasteiger partial charge in [0.1, 0.15) is 0 Å². The van der Waals surface area contributed by atoms with E-state index >= 15 is 0 Å². The molecule has 96 valence electrons. The minimum atomic E-state index is 0.581. The maximum atomic E-state index is 2.65. The lowest BCUT2D eigenvalue weighted by molar-refractivity contribution is 0.232. The van der Waals surface area contributed by atoms with E-state index in [9.17, 15) is 0 Å². The average Bonchev–Trinajstić information content (AvgIpc) is 2.26. The molecule has 16 heavy (non-hydrogen) atoms. The highest BCUT2D eigenvalue weighted by Gasteiger charge is 2.19. The van der Waals surface area contributed by atoms with Crippen molar-refractivity contribution in [3.05, 3.63) is 0 Å². The molecule has 2 heteroatoms. The lowest BCUT2D eigenvalue weighted by Gasteiger charge is -2.25. The van der Waals surface area contributed by atoms with E-state index in [1.165, 1.54) is 58.3 Å². The zero-order valence-corrected chi connectivity index (χ0v) is 11.8. The molecular formula is C14H30N2. The van der Waals surface area contributed by atoms with Crippen LogP contribution in [0.3, 0.4) is 0 Å². The summed E-state index contributed by atoms with van der Waals surface area (Å²) >= 11 is 0. The molecule has 0 radical (unpaired) electrons. The van der Waals surface area contributed by atoms with Crippen LogP contribution in [0.1, 0.15) is 46.0 Å². The van der Waals surface area contributed by atoms with Crippen molar-refractivity contribution in [1.29, 1.82) is 0 Å². The summed E-state index contributed by atoms with van der Waals surface area (Å²) in [5.74, 6) is 0. The first-order chi connectivity index (χ1) is 7.49. The highest BCUT2D eigenvalue weighted by Crippen LogP contribution is 2.30. The summed E-state index contributed by atoms with van der Waals surface area (Å²) in [6.45, 7) is 9.92. The van der Waals surface area contributed by atoms with Crippen LogP contribution in [0.25, 0.3) is 0 Å². The van der Waals surface area contributed by atoms with Gasteiger partial charge in [-0.3, -0.25) is 0 Å². The summed E-state index contributed by atoms with van der Waals surface area (Å²) in [6, 6.07) is 0. The van der Waals surface area contributed by atoms with Crippen molar-refractivity contribution in [2.24, 2.45) is 5.41 Å². The van der Waals surface area contributed by atoms with Crippen molar-refractivity contribution in [2.45, 2.75) is 46.0 Å². The standard InChI is InChI=1S/C14H30N2/c1-14(2)8-5-6-10-16(11-7-9-14)13-12-15(3)4/h5-13H2,1-4H3. The number of hydrogen-bond acceptors (Lipinski definition) is 2. The molecule has 0 aromatic carbocycles. The summed E-state index contributed by atoms with van der Waals surface area (Å²) in [6.07, 6.45) is 6.97. The number of hydrogen-bond donors (Lipinski definition) is 0. The largest absolute Gasteiger partial charge is 0.308 e. The molecule has 1 fully saturated rings. The fourth-order valence-electron chi connectivity index (χ4n) is 2.52. The number of likely N-dealkylation sites (N-methyl/N-ethyl adjacent to an activating group) is 1. The summed E-state index contributed by atoms with van der Waals surface area (Å²) in [4.78, 5) is 4.94. The van der Waals surface area contributed by atoms with E-state index in [0.29, 0.717) is 5.41 Å². The van der Waals surface area contributed by atoms with Gasteiger partial charge in [-0.05, 0) is 58.3 Å². The molecular weight excluding hydrogens is 196 g/mol. The Bertz CT molecular complexity index is 187. The number of rotatable bonds is 3. The van der Waals surface area contributed by atoms with Gasteiger partial charge in [0, 0.05) is 13.1 Å². The van der Waals surface area contributed by atoms with Crippen LogP contribution >= 0.6 is 0 Å². The second kappa shape index (κ2) is 6.61. The molecule has 0 spiro atoms. The third-order valence-electron chi connectivity index (χ3n) is 3.77. The van der Waals surface area contributed by atoms with Crippen molar-refractivity contribution in [3.8, 4) is 0 Å². The fraction of sp³-hybridized carbons (Fsp3) is 1.00. The Morgan fingerprint density at radius 2 is 1.62 bits per heavy atom. The highest BCUT2D eigenvalue weighted by molar-refractivity contribution is 4.73. The van der Waals surface area contributed by atoms with Crippen LogP contribution in [0.5, 0.6) is 0 Å². The van der Waals surface area contributed by atoms with E-state index in [1.54, 1.807) is 0 Å². The molecule has 0 atom stereocenters. The Morgan fingerprint density at radius 3 is 2.31 bits per heavy atom. The van der Waals surface area contributed by atoms with Gasteiger partial charge >= 0.3 is 0 Å². The first-order valence-corrected chi connectivity index (χ1v) is 6.87. The smallest absolute Gasteiger partial charge is 0.0109 e. The molecule has 1 heterocycles. The first-order valence-electron chi connectivity index (χ1n) is 6.87. The third kappa shape index (κ3) is 5.86. The van der Waals surface area contributed by atoms with Gasteiger partial charge in [0.05, 0.1) is 0 Å². The molecule has 2 nitrogen and oxygen atoms in total. The van der Waals surface area contributed by atoms with Crippen molar-refractivity contribution in [1.82, 2.24) is 9.80 Å². The Labute approximate surface area is 102 Å². The van der Waals surface area contributed by atoms with E-state index in [0.717, 1.165) is 0 Å². The van der Waals surface area contributed by atoms with Crippen molar-refractivity contribution in [2.75, 3.05) is 40.3 Å². The molecule has 1 saturated heterocycles. The molecule has 0 N–H and O–H groups in total. The normalized spacial score (nSPS) is 23.8. The first kappa shape index (κ1) is 14.0. The second-order valence-electron chi connectivity index (χ2n) is 6.37. The second-order valence-corrected chi connectivity index (χ2v) is 6.37. The Hall–Kier alpha value is -0.0800. The van der Waals surface area contributed by atoms with Gasteiger partial charge in [0.2, 0.25) is 0 Å². The Morgan fingerprint density at radius 1 is 1.00 bits per heavy atom. The average molecular weight is 226 g/mol. The molecule has 0 amide bonds. The molecule has 0 aromatic heterocycles. The van der Waals surface area contributed by atoms with E-state index in [1.807, 2.05) is 0 Å². The summed E-state index contributed by atoms with van der Waals surface area (Å²) < 4.78 is 0. The van der Waals surface area contributed by atoms with Crippen LogP contribution in [0.15, 0.2) is 0 Å². The summed E-state index contributed by atoms with van der Waals surface area (Å²) in [7, 11) is 4.33. The molecule has 0 aliphatic carbocycles. The lowest BCUT2D eigenvalue weighted by Crippen LogP contribution is -2.33.